The molecule has 1 aromatic rings. The van der Waals surface area contributed by atoms with Gasteiger partial charge in [0.2, 0.25) is 0 Å². The van der Waals surface area contributed by atoms with Gasteiger partial charge in [0.15, 0.2) is 5.75 Å². The van der Waals surface area contributed by atoms with Crippen molar-refractivity contribution in [3.63, 3.8) is 0 Å². The number of halogens is 1. The summed E-state index contributed by atoms with van der Waals surface area (Å²) in [6, 6.07) is 6.03. The fourth-order valence-electron chi connectivity index (χ4n) is 1.45. The second kappa shape index (κ2) is 7.17. The first kappa shape index (κ1) is 15.8. The second-order valence-electron chi connectivity index (χ2n) is 3.94. The van der Waals surface area contributed by atoms with Crippen LogP contribution in [0.1, 0.15) is 11.1 Å². The highest BCUT2D eigenvalue weighted by Crippen LogP contribution is 2.19. The van der Waals surface area contributed by atoms with Crippen LogP contribution in [0.4, 0.5) is 5.69 Å². The standard InChI is InChI=1S/C12H17NOS.HI/c1-9-6-5-7-10(2)12(9)13-11(14)8-15(3)4;/h5-7H,8H2,1-4H3;1H. The van der Waals surface area contributed by atoms with Crippen LogP contribution in [0.15, 0.2) is 18.2 Å². The van der Waals surface area contributed by atoms with Crippen molar-refractivity contribution in [1.29, 1.82) is 0 Å². The lowest BCUT2D eigenvalue weighted by Crippen LogP contribution is -3.00. The molecule has 0 saturated carbocycles. The number of amides is 1. The van der Waals surface area contributed by atoms with Gasteiger partial charge in [-0.3, -0.25) is 4.79 Å². The molecule has 0 unspecified atom stereocenters. The van der Waals surface area contributed by atoms with Gasteiger partial charge in [-0.1, -0.05) is 18.2 Å². The number of hydrogen-bond donors (Lipinski definition) is 1. The van der Waals surface area contributed by atoms with E-state index < -0.39 is 0 Å². The molecule has 0 spiro atoms. The van der Waals surface area contributed by atoms with Gasteiger partial charge < -0.3 is 29.3 Å². The van der Waals surface area contributed by atoms with Crippen LogP contribution >= 0.6 is 0 Å². The Morgan fingerprint density at radius 3 is 2.19 bits per heavy atom. The van der Waals surface area contributed by atoms with Crippen molar-refractivity contribution in [3.8, 4) is 0 Å². The molecule has 1 amide bonds. The zero-order valence-electron chi connectivity index (χ0n) is 10.1. The molecule has 0 aliphatic rings. The Balaban J connectivity index is 0.00000225. The third-order valence-electron chi connectivity index (χ3n) is 2.17. The summed E-state index contributed by atoms with van der Waals surface area (Å²) in [6.07, 6.45) is 4.15. The number of rotatable bonds is 3. The normalized spacial score (nSPS) is 9.81. The summed E-state index contributed by atoms with van der Waals surface area (Å²) >= 11 is 0. The molecule has 2 nitrogen and oxygen atoms in total. The van der Waals surface area contributed by atoms with Gasteiger partial charge in [-0.2, -0.15) is 0 Å². The van der Waals surface area contributed by atoms with Gasteiger partial charge in [-0.25, -0.2) is 0 Å². The van der Waals surface area contributed by atoms with Gasteiger partial charge in [-0.05, 0) is 35.9 Å². The quantitative estimate of drug-likeness (QED) is 0.557. The van der Waals surface area contributed by atoms with Crippen molar-refractivity contribution in [1.82, 2.24) is 0 Å². The first-order valence-corrected chi connectivity index (χ1v) is 7.12. The number of benzene rings is 1. The van der Waals surface area contributed by atoms with Crippen LogP contribution in [0.25, 0.3) is 0 Å². The number of nitrogens with one attached hydrogen (secondary N) is 1. The number of carbonyl (C=O) groups excluding carboxylic acids is 1. The summed E-state index contributed by atoms with van der Waals surface area (Å²) in [5.41, 5.74) is 3.21. The second-order valence-corrected chi connectivity index (χ2v) is 6.20. The molecule has 0 bridgehead atoms. The molecule has 0 aliphatic heterocycles. The maximum atomic E-state index is 11.6. The minimum Gasteiger partial charge on any atom is -1.00 e. The lowest BCUT2D eigenvalue weighted by molar-refractivity contribution is -0.113. The Morgan fingerprint density at radius 2 is 1.75 bits per heavy atom. The van der Waals surface area contributed by atoms with Gasteiger partial charge in [0.05, 0.1) is 12.5 Å². The topological polar surface area (TPSA) is 29.1 Å². The number of aryl methyl sites for hydroxylation is 2. The highest BCUT2D eigenvalue weighted by Gasteiger charge is 2.13. The van der Waals surface area contributed by atoms with Crippen molar-refractivity contribution in [3.05, 3.63) is 29.3 Å². The minimum absolute atomic E-state index is 0. The van der Waals surface area contributed by atoms with E-state index in [4.69, 9.17) is 0 Å². The predicted molar refractivity (Wildman–Crippen MR) is 68.6 cm³/mol. The van der Waals surface area contributed by atoms with Crippen LogP contribution in [0, 0.1) is 13.8 Å². The lowest BCUT2D eigenvalue weighted by atomic mass is 10.1. The van der Waals surface area contributed by atoms with E-state index in [1.165, 1.54) is 0 Å². The van der Waals surface area contributed by atoms with Gasteiger partial charge in [0.25, 0.3) is 5.91 Å². The lowest BCUT2D eigenvalue weighted by Gasteiger charge is -2.10. The van der Waals surface area contributed by atoms with E-state index in [0.717, 1.165) is 16.8 Å². The van der Waals surface area contributed by atoms with Crippen molar-refractivity contribution in [2.24, 2.45) is 0 Å². The number of carbonyl (C=O) groups is 1. The summed E-state index contributed by atoms with van der Waals surface area (Å²) in [6.45, 7) is 4.03. The van der Waals surface area contributed by atoms with Crippen molar-refractivity contribution >= 4 is 22.5 Å². The summed E-state index contributed by atoms with van der Waals surface area (Å²) < 4.78 is 0. The number of anilines is 1. The predicted octanol–water partition coefficient (Wildman–Crippen LogP) is -0.876. The van der Waals surface area contributed by atoms with E-state index in [0.29, 0.717) is 5.75 Å². The molecule has 1 aromatic carbocycles. The average Bonchev–Trinajstić information content (AvgIpc) is 2.10. The summed E-state index contributed by atoms with van der Waals surface area (Å²) in [4.78, 5) is 11.6. The van der Waals surface area contributed by atoms with Crippen LogP contribution in [0.3, 0.4) is 0 Å². The molecule has 4 heteroatoms. The molecule has 0 aromatic heterocycles. The molecule has 16 heavy (non-hydrogen) atoms. The zero-order valence-corrected chi connectivity index (χ0v) is 13.1. The Labute approximate surface area is 118 Å². The van der Waals surface area contributed by atoms with Gasteiger partial charge >= 0.3 is 0 Å². The summed E-state index contributed by atoms with van der Waals surface area (Å²) in [5.74, 6) is 0.717. The van der Waals surface area contributed by atoms with E-state index in [1.807, 2.05) is 32.0 Å². The molecule has 90 valence electrons. The van der Waals surface area contributed by atoms with Crippen LogP contribution in [0.5, 0.6) is 0 Å². The third kappa shape index (κ3) is 4.74. The Kier molecular flexibility index (Phi) is 7.06. The largest absolute Gasteiger partial charge is 1.00 e. The molecule has 1 rings (SSSR count). The van der Waals surface area contributed by atoms with E-state index >= 15 is 0 Å². The van der Waals surface area contributed by atoms with Crippen LogP contribution in [0.2, 0.25) is 0 Å². The Morgan fingerprint density at radius 1 is 1.25 bits per heavy atom. The smallest absolute Gasteiger partial charge is 0.274 e. The van der Waals surface area contributed by atoms with Crippen LogP contribution < -0.4 is 29.3 Å². The molecule has 1 N–H and O–H groups in total. The maximum absolute atomic E-state index is 11.6. The zero-order chi connectivity index (χ0) is 11.4. The molecule has 0 heterocycles. The first-order valence-electron chi connectivity index (χ1n) is 4.91. The van der Waals surface area contributed by atoms with Gasteiger partial charge in [0.1, 0.15) is 0 Å². The van der Waals surface area contributed by atoms with E-state index in [-0.39, 0.29) is 40.8 Å². The highest BCUT2D eigenvalue weighted by atomic mass is 127. The third-order valence-corrected chi connectivity index (χ3v) is 3.00. The first-order chi connectivity index (χ1) is 7.00. The van der Waals surface area contributed by atoms with Crippen molar-refractivity contribution in [2.45, 2.75) is 13.8 Å². The maximum Gasteiger partial charge on any atom is 0.274 e. The molecule has 0 fully saturated rings. The number of para-hydroxylation sites is 1. The molecular weight excluding hydrogens is 333 g/mol. The monoisotopic (exact) mass is 351 g/mol. The summed E-state index contributed by atoms with van der Waals surface area (Å²) in [5, 5.41) is 2.98. The molecule has 0 aliphatic carbocycles. The van der Waals surface area contributed by atoms with E-state index in [2.05, 4.69) is 17.8 Å². The van der Waals surface area contributed by atoms with Crippen LogP contribution in [-0.4, -0.2) is 24.2 Å². The number of hydrogen-bond acceptors (Lipinski definition) is 1. The molecule has 0 saturated heterocycles. The van der Waals surface area contributed by atoms with E-state index in [9.17, 15) is 4.79 Å². The Hall–Kier alpha value is -0.230. The molecule has 0 radical (unpaired) electrons. The van der Waals surface area contributed by atoms with Crippen molar-refractivity contribution in [2.75, 3.05) is 23.6 Å². The van der Waals surface area contributed by atoms with Crippen LogP contribution in [-0.2, 0) is 15.7 Å². The molecule has 0 atom stereocenters. The van der Waals surface area contributed by atoms with Gasteiger partial charge in [0, 0.05) is 5.69 Å². The fraction of sp³-hybridized carbons (Fsp3) is 0.417. The van der Waals surface area contributed by atoms with E-state index in [1.54, 1.807) is 0 Å². The molecular formula is C12H18INOS. The average molecular weight is 351 g/mol. The minimum atomic E-state index is 0. The summed E-state index contributed by atoms with van der Waals surface area (Å²) in [7, 11) is 0.155. The van der Waals surface area contributed by atoms with Gasteiger partial charge in [-0.15, -0.1) is 0 Å². The fourth-order valence-corrected chi connectivity index (χ4v) is 2.05. The Bertz CT molecular complexity index is 346. The highest BCUT2D eigenvalue weighted by molar-refractivity contribution is 7.96. The van der Waals surface area contributed by atoms with Crippen molar-refractivity contribution < 1.29 is 28.8 Å². The SMILES string of the molecule is Cc1cccc(C)c1NC(=O)C[S+](C)C.[I-].